The minimum absolute atomic E-state index is 0. The van der Waals surface area contributed by atoms with E-state index in [2.05, 4.69) is 224 Å². The van der Waals surface area contributed by atoms with E-state index in [-0.39, 0.29) is 35.6 Å². The number of rotatable bonds is 3. The van der Waals surface area contributed by atoms with E-state index in [1.54, 1.807) is 23.3 Å². The molecule has 0 atom stereocenters. The van der Waals surface area contributed by atoms with Crippen molar-refractivity contribution < 1.29 is 48.1 Å². The van der Waals surface area contributed by atoms with E-state index in [9.17, 15) is 0 Å². The fourth-order valence-electron chi connectivity index (χ4n) is 7.34. The molecule has 0 bridgehead atoms. The summed E-state index contributed by atoms with van der Waals surface area (Å²) in [4.78, 5) is 0. The maximum absolute atomic E-state index is 2.35. The molecule has 0 fully saturated rings. The molecule has 0 aliphatic carbocycles. The van der Waals surface area contributed by atoms with Gasteiger partial charge in [-0.3, -0.25) is 0 Å². The zero-order valence-electron chi connectivity index (χ0n) is 34.0. The van der Waals surface area contributed by atoms with Crippen molar-refractivity contribution in [1.82, 2.24) is 0 Å². The predicted octanol–water partition coefficient (Wildman–Crippen LogP) is 7.34. The summed E-state index contributed by atoms with van der Waals surface area (Å²) in [6, 6.07) is 64.1. The quantitative estimate of drug-likeness (QED) is 0.129. The summed E-state index contributed by atoms with van der Waals surface area (Å²) in [5.41, 5.74) is 6.71. The summed E-state index contributed by atoms with van der Waals surface area (Å²) in [7, 11) is 0. The summed E-state index contributed by atoms with van der Waals surface area (Å²) in [6.07, 6.45) is 0. The third kappa shape index (κ3) is 10.3. The van der Waals surface area contributed by atoms with E-state index in [0.29, 0.717) is 0 Å². The number of aryl methyl sites for hydroxylation is 1. The Labute approximate surface area is 367 Å². The first kappa shape index (κ1) is 44.1. The zero-order chi connectivity index (χ0) is 38.7. The van der Waals surface area contributed by atoms with Crippen LogP contribution in [0.15, 0.2) is 176 Å². The molecule has 0 aliphatic heterocycles. The van der Waals surface area contributed by atoms with E-state index in [0.717, 1.165) is 0 Å². The van der Waals surface area contributed by atoms with Gasteiger partial charge in [0.1, 0.15) is 0 Å². The minimum atomic E-state index is -0.455. The van der Waals surface area contributed by atoms with Crippen molar-refractivity contribution in [2.75, 3.05) is 0 Å². The van der Waals surface area contributed by atoms with Crippen LogP contribution in [0.4, 0.5) is 0 Å². The zero-order valence-corrected chi connectivity index (χ0v) is 39.0. The second kappa shape index (κ2) is 18.7. The SMILES string of the molecule is CC(C)(C)c1ccc2c(c1)[cH-]c1cc(C(C)(C)C)ccc12.Cc1cc(-c2cc3ccccc3[cH-]2)c2ccccc2c1.[Cl-].[Cl-].[Zr+2]=[Si](c1ccccc1)c1ccccc1. The number of fused-ring (bicyclic) bond motifs is 5. The molecule has 0 heterocycles. The van der Waals surface area contributed by atoms with Crippen LogP contribution in [0.5, 0.6) is 0 Å². The Morgan fingerprint density at radius 1 is 0.439 bits per heavy atom. The molecule has 0 aliphatic rings. The van der Waals surface area contributed by atoms with Gasteiger partial charge in [0.05, 0.1) is 0 Å². The van der Waals surface area contributed by atoms with Crippen molar-refractivity contribution in [2.45, 2.75) is 59.3 Å². The first-order valence-electron chi connectivity index (χ1n) is 19.3. The molecule has 0 N–H and O–H groups in total. The second-order valence-electron chi connectivity index (χ2n) is 16.8. The van der Waals surface area contributed by atoms with Crippen LogP contribution in [-0.4, -0.2) is 5.43 Å². The molecule has 286 valence electrons. The van der Waals surface area contributed by atoms with Crippen LogP contribution in [0.2, 0.25) is 0 Å². The van der Waals surface area contributed by atoms with Crippen LogP contribution in [0.1, 0.15) is 58.2 Å². The fourth-order valence-corrected chi connectivity index (χ4v) is 11.2. The maximum atomic E-state index is 2.35. The van der Waals surface area contributed by atoms with Gasteiger partial charge in [-0.15, -0.1) is 74.3 Å². The Morgan fingerprint density at radius 2 is 0.912 bits per heavy atom. The third-order valence-corrected chi connectivity index (χ3v) is 16.6. The number of hydrogen-bond acceptors (Lipinski definition) is 0. The Morgan fingerprint density at radius 3 is 1.42 bits per heavy atom. The van der Waals surface area contributed by atoms with Gasteiger partial charge in [0.25, 0.3) is 0 Å². The Hall–Kier alpha value is -4.04. The number of benzene rings is 7. The molecule has 4 heteroatoms. The molecule has 0 nitrogen and oxygen atoms in total. The average Bonchev–Trinajstić information content (AvgIpc) is 3.79. The number of hydrogen-bond donors (Lipinski definition) is 0. The standard InChI is InChI=1S/C21H25.C20H15.C12H10Si.2ClH.Zr/c1-20(2,3)16-7-9-18-14(12-16)11-15-13-17(21(4,5)6)8-10-19(15)18;1-14-10-17-8-4-5-9-19(17)20(11-14)18-12-15-6-2-3-7-16(15)13-18;1-3-7-11(8-4-1)13-12-9-5-2-6-10-12;;;/h7-13H,1-6H3;2-13H,1H3;1-10H;2*1H;/q2*-1;;;;+2/p-2. The van der Waals surface area contributed by atoms with E-state index in [1.807, 2.05) is 0 Å². The molecule has 0 unspecified atom stereocenters. The second-order valence-corrected chi connectivity index (χ2v) is 22.4. The Kier molecular flexibility index (Phi) is 14.5. The summed E-state index contributed by atoms with van der Waals surface area (Å²) in [6.45, 7) is 15.8. The normalized spacial score (nSPS) is 11.2. The molecule has 0 amide bonds. The summed E-state index contributed by atoms with van der Waals surface area (Å²) in [5, 5.41) is 13.8. The molecule has 0 aromatic heterocycles. The van der Waals surface area contributed by atoms with E-state index >= 15 is 0 Å². The molecule has 0 radical (unpaired) electrons. The molecule has 57 heavy (non-hydrogen) atoms. The van der Waals surface area contributed by atoms with Gasteiger partial charge in [0.2, 0.25) is 0 Å². The van der Waals surface area contributed by atoms with Gasteiger partial charge < -0.3 is 24.8 Å². The van der Waals surface area contributed by atoms with Gasteiger partial charge in [-0.05, 0) is 28.5 Å². The van der Waals surface area contributed by atoms with Crippen molar-refractivity contribution in [1.29, 1.82) is 0 Å². The van der Waals surface area contributed by atoms with Crippen molar-refractivity contribution in [3.63, 3.8) is 0 Å². The molecule has 9 aromatic rings. The summed E-state index contributed by atoms with van der Waals surface area (Å²) >= 11 is 1.64. The average molecular weight is 877 g/mol. The van der Waals surface area contributed by atoms with Gasteiger partial charge >= 0.3 is 99.8 Å². The van der Waals surface area contributed by atoms with Crippen LogP contribution in [-0.2, 0) is 34.2 Å². The van der Waals surface area contributed by atoms with Gasteiger partial charge in [-0.2, -0.15) is 0 Å². The molecule has 9 aromatic carbocycles. The third-order valence-electron chi connectivity index (χ3n) is 10.5. The Bertz CT molecular complexity index is 2600. The van der Waals surface area contributed by atoms with Crippen LogP contribution in [0, 0.1) is 6.92 Å². The van der Waals surface area contributed by atoms with Crippen molar-refractivity contribution in [3.05, 3.63) is 193 Å². The molecule has 9 rings (SSSR count). The van der Waals surface area contributed by atoms with Gasteiger partial charge in [0, 0.05) is 0 Å². The Balaban J connectivity index is 0.000000164. The summed E-state index contributed by atoms with van der Waals surface area (Å²) < 4.78 is 0. The molecule has 0 saturated heterocycles. The summed E-state index contributed by atoms with van der Waals surface area (Å²) in [5.74, 6) is 0. The molecular weight excluding hydrogens is 827 g/mol. The molecular formula is C53H50Cl2SiZr-2. The fraction of sp³-hybridized carbons (Fsp3) is 0.170. The van der Waals surface area contributed by atoms with Crippen LogP contribution in [0.25, 0.3) is 54.2 Å². The van der Waals surface area contributed by atoms with E-state index in [1.165, 1.54) is 81.3 Å². The van der Waals surface area contributed by atoms with Gasteiger partial charge in [-0.25, -0.2) is 0 Å². The van der Waals surface area contributed by atoms with Gasteiger partial charge in [0.15, 0.2) is 0 Å². The van der Waals surface area contributed by atoms with Crippen LogP contribution < -0.4 is 35.2 Å². The van der Waals surface area contributed by atoms with Crippen molar-refractivity contribution in [3.8, 4) is 11.1 Å². The van der Waals surface area contributed by atoms with Gasteiger partial charge in [-0.1, -0.05) is 143 Å². The van der Waals surface area contributed by atoms with Crippen LogP contribution in [0.3, 0.4) is 0 Å². The topological polar surface area (TPSA) is 0 Å². The van der Waals surface area contributed by atoms with Crippen LogP contribution >= 0.6 is 0 Å². The molecule has 0 saturated carbocycles. The predicted molar refractivity (Wildman–Crippen MR) is 240 cm³/mol. The first-order chi connectivity index (χ1) is 26.3. The monoisotopic (exact) mass is 874 g/mol. The number of halogens is 2. The molecule has 0 spiro atoms. The first-order valence-corrected chi connectivity index (χ1v) is 24.5. The van der Waals surface area contributed by atoms with Crippen molar-refractivity contribution in [2.24, 2.45) is 0 Å². The van der Waals surface area contributed by atoms with E-state index in [4.69, 9.17) is 0 Å². The van der Waals surface area contributed by atoms with Crippen molar-refractivity contribution >= 4 is 58.9 Å². The van der Waals surface area contributed by atoms with E-state index < -0.39 is 5.43 Å².